The van der Waals surface area contributed by atoms with E-state index in [1.165, 1.54) is 4.90 Å². The van der Waals surface area contributed by atoms with Gasteiger partial charge in [0.2, 0.25) is 5.91 Å². The number of rotatable bonds is 7. The van der Waals surface area contributed by atoms with Gasteiger partial charge in [-0.25, -0.2) is 9.48 Å². The molecule has 0 fully saturated rings. The van der Waals surface area contributed by atoms with Gasteiger partial charge in [-0.15, -0.1) is 0 Å². The molecule has 0 unspecified atom stereocenters. The van der Waals surface area contributed by atoms with Crippen molar-refractivity contribution >= 4 is 46.6 Å². The first kappa shape index (κ1) is 28.5. The molecule has 3 amide bonds. The Balaban J connectivity index is 1.86. The second-order valence-electron chi connectivity index (χ2n) is 10.7. The minimum atomic E-state index is -0.334. The second-order valence-corrected chi connectivity index (χ2v) is 11.5. The number of anilines is 2. The zero-order valence-electron chi connectivity index (χ0n) is 22.4. The van der Waals surface area contributed by atoms with Crippen LogP contribution in [0.15, 0.2) is 42.5 Å². The number of carbonyl (C=O) groups is 2. The SMILES string of the molecule is Cc1cccc(C)c1NC(=O)N(CC(=O)Nc1cc(C(C)(C)C)nn1-c1ccc(Cl)c(Cl)c1)CC(C)C. The highest BCUT2D eigenvalue weighted by molar-refractivity contribution is 6.42. The molecule has 37 heavy (non-hydrogen) atoms. The number of amides is 3. The number of hydrogen-bond acceptors (Lipinski definition) is 3. The molecule has 0 radical (unpaired) electrons. The standard InChI is InChI=1S/C28H35Cl2N5O2/c1-17(2)15-34(27(37)32-26-18(3)9-8-10-19(26)4)16-25(36)31-24-14-23(28(5,6)7)33-35(24)20-11-12-21(29)22(30)13-20/h8-14,17H,15-16H2,1-7H3,(H,31,36)(H,32,37). The summed E-state index contributed by atoms with van der Waals surface area (Å²) in [7, 11) is 0. The first-order valence-electron chi connectivity index (χ1n) is 12.2. The van der Waals surface area contributed by atoms with Gasteiger partial charge in [-0.2, -0.15) is 5.10 Å². The summed E-state index contributed by atoms with van der Waals surface area (Å²) in [5.74, 6) is 0.317. The van der Waals surface area contributed by atoms with Gasteiger partial charge in [0.05, 0.1) is 21.4 Å². The van der Waals surface area contributed by atoms with Crippen LogP contribution in [0, 0.1) is 19.8 Å². The van der Waals surface area contributed by atoms with Gasteiger partial charge in [-0.3, -0.25) is 4.79 Å². The lowest BCUT2D eigenvalue weighted by molar-refractivity contribution is -0.116. The van der Waals surface area contributed by atoms with Gasteiger partial charge in [-0.05, 0) is 49.1 Å². The van der Waals surface area contributed by atoms with E-state index in [4.69, 9.17) is 28.3 Å². The van der Waals surface area contributed by atoms with Crippen LogP contribution < -0.4 is 10.6 Å². The van der Waals surface area contributed by atoms with Crippen molar-refractivity contribution in [1.29, 1.82) is 0 Å². The summed E-state index contributed by atoms with van der Waals surface area (Å²) >= 11 is 12.3. The summed E-state index contributed by atoms with van der Waals surface area (Å²) in [5, 5.41) is 11.5. The van der Waals surface area contributed by atoms with Gasteiger partial charge in [-0.1, -0.05) is 76.0 Å². The highest BCUT2D eigenvalue weighted by Crippen LogP contribution is 2.29. The molecule has 0 bridgehead atoms. The highest BCUT2D eigenvalue weighted by Gasteiger charge is 2.24. The fourth-order valence-corrected chi connectivity index (χ4v) is 4.16. The number of halogens is 2. The van der Waals surface area contributed by atoms with Crippen molar-refractivity contribution in [1.82, 2.24) is 14.7 Å². The smallest absolute Gasteiger partial charge is 0.315 e. The number of benzene rings is 2. The maximum absolute atomic E-state index is 13.2. The van der Waals surface area contributed by atoms with E-state index < -0.39 is 0 Å². The van der Waals surface area contributed by atoms with Gasteiger partial charge >= 0.3 is 6.03 Å². The topological polar surface area (TPSA) is 79.3 Å². The number of para-hydroxylation sites is 1. The summed E-state index contributed by atoms with van der Waals surface area (Å²) < 4.78 is 1.63. The lowest BCUT2D eigenvalue weighted by atomic mass is 9.92. The molecule has 3 aromatic rings. The summed E-state index contributed by atoms with van der Waals surface area (Å²) in [6.07, 6.45) is 0. The Hall–Kier alpha value is -3.03. The summed E-state index contributed by atoms with van der Waals surface area (Å²) in [4.78, 5) is 28.0. The van der Waals surface area contributed by atoms with Crippen LogP contribution in [0.4, 0.5) is 16.3 Å². The Kier molecular flexibility index (Phi) is 8.92. The number of urea groups is 1. The van der Waals surface area contributed by atoms with E-state index in [1.54, 1.807) is 22.9 Å². The lowest BCUT2D eigenvalue weighted by Crippen LogP contribution is -2.42. The van der Waals surface area contributed by atoms with Crippen molar-refractivity contribution in [2.45, 2.75) is 53.9 Å². The van der Waals surface area contributed by atoms with Crippen LogP contribution in [0.2, 0.25) is 10.0 Å². The Morgan fingerprint density at radius 3 is 2.22 bits per heavy atom. The fourth-order valence-electron chi connectivity index (χ4n) is 3.86. The minimum absolute atomic E-state index is 0.119. The third kappa shape index (κ3) is 7.27. The number of nitrogens with zero attached hydrogens (tertiary/aromatic N) is 3. The molecule has 2 aromatic carbocycles. The van der Waals surface area contributed by atoms with E-state index >= 15 is 0 Å². The fraction of sp³-hybridized carbons (Fsp3) is 0.393. The van der Waals surface area contributed by atoms with E-state index in [0.717, 1.165) is 22.5 Å². The molecular formula is C28H35Cl2N5O2. The first-order chi connectivity index (χ1) is 17.3. The molecule has 1 heterocycles. The van der Waals surface area contributed by atoms with Gasteiger partial charge in [0.25, 0.3) is 0 Å². The molecule has 0 saturated heterocycles. The Bertz CT molecular complexity index is 1270. The molecular weight excluding hydrogens is 509 g/mol. The monoisotopic (exact) mass is 543 g/mol. The second kappa shape index (κ2) is 11.6. The van der Waals surface area contributed by atoms with Crippen LogP contribution >= 0.6 is 23.2 Å². The maximum atomic E-state index is 13.2. The number of nitrogens with one attached hydrogen (secondary N) is 2. The van der Waals surface area contributed by atoms with Gasteiger partial charge < -0.3 is 15.5 Å². The van der Waals surface area contributed by atoms with Gasteiger partial charge in [0, 0.05) is 23.7 Å². The molecule has 0 saturated carbocycles. The molecule has 198 valence electrons. The molecule has 9 heteroatoms. The molecule has 7 nitrogen and oxygen atoms in total. The van der Waals surface area contributed by atoms with E-state index in [2.05, 4.69) is 10.6 Å². The van der Waals surface area contributed by atoms with Crippen LogP contribution in [0.1, 0.15) is 51.4 Å². The van der Waals surface area contributed by atoms with Gasteiger partial charge in [0.1, 0.15) is 12.4 Å². The van der Waals surface area contributed by atoms with Crippen LogP contribution in [0.25, 0.3) is 5.69 Å². The molecule has 1 aromatic heterocycles. The average molecular weight is 545 g/mol. The maximum Gasteiger partial charge on any atom is 0.322 e. The minimum Gasteiger partial charge on any atom is -0.315 e. The van der Waals surface area contributed by atoms with Crippen molar-refractivity contribution in [3.05, 3.63) is 69.3 Å². The van der Waals surface area contributed by atoms with Crippen molar-refractivity contribution in [2.24, 2.45) is 5.92 Å². The molecule has 2 N–H and O–H groups in total. The summed E-state index contributed by atoms with van der Waals surface area (Å²) in [6.45, 7) is 14.3. The zero-order valence-corrected chi connectivity index (χ0v) is 24.0. The predicted octanol–water partition coefficient (Wildman–Crippen LogP) is 7.22. The zero-order chi connectivity index (χ0) is 27.5. The van der Waals surface area contributed by atoms with Crippen molar-refractivity contribution in [2.75, 3.05) is 23.7 Å². The van der Waals surface area contributed by atoms with Crippen LogP contribution in [0.3, 0.4) is 0 Å². The number of hydrogen-bond donors (Lipinski definition) is 2. The third-order valence-corrected chi connectivity index (χ3v) is 6.55. The summed E-state index contributed by atoms with van der Waals surface area (Å²) in [5.41, 5.74) is 3.88. The highest BCUT2D eigenvalue weighted by atomic mass is 35.5. The molecule has 0 atom stereocenters. The van der Waals surface area contributed by atoms with Crippen molar-refractivity contribution in [3.8, 4) is 5.69 Å². The van der Waals surface area contributed by atoms with Crippen molar-refractivity contribution < 1.29 is 9.59 Å². The van der Waals surface area contributed by atoms with Crippen LogP contribution in [-0.4, -0.2) is 39.7 Å². The predicted molar refractivity (Wildman–Crippen MR) is 152 cm³/mol. The lowest BCUT2D eigenvalue weighted by Gasteiger charge is -2.25. The first-order valence-corrected chi connectivity index (χ1v) is 13.0. The number of aryl methyl sites for hydroxylation is 2. The molecule has 3 rings (SSSR count). The van der Waals surface area contributed by atoms with E-state index in [1.807, 2.05) is 72.7 Å². The van der Waals surface area contributed by atoms with E-state index in [0.29, 0.717) is 28.1 Å². The normalized spacial score (nSPS) is 11.5. The Morgan fingerprint density at radius 1 is 1.00 bits per heavy atom. The summed E-state index contributed by atoms with van der Waals surface area (Å²) in [6, 6.07) is 12.5. The van der Waals surface area contributed by atoms with Crippen LogP contribution in [0.5, 0.6) is 0 Å². The Morgan fingerprint density at radius 2 is 1.65 bits per heavy atom. The molecule has 0 aliphatic carbocycles. The van der Waals surface area contributed by atoms with E-state index in [-0.39, 0.29) is 29.8 Å². The molecule has 0 aliphatic heterocycles. The largest absolute Gasteiger partial charge is 0.322 e. The number of carbonyl (C=O) groups excluding carboxylic acids is 2. The number of aromatic nitrogens is 2. The molecule has 0 spiro atoms. The third-order valence-electron chi connectivity index (χ3n) is 5.81. The van der Waals surface area contributed by atoms with E-state index in [9.17, 15) is 9.59 Å². The van der Waals surface area contributed by atoms with Gasteiger partial charge in [0.15, 0.2) is 0 Å². The van der Waals surface area contributed by atoms with Crippen molar-refractivity contribution in [3.63, 3.8) is 0 Å². The Labute approximate surface area is 229 Å². The quantitative estimate of drug-likeness (QED) is 0.330. The molecule has 0 aliphatic rings. The average Bonchev–Trinajstić information content (AvgIpc) is 3.21. The van der Waals surface area contributed by atoms with Crippen LogP contribution in [-0.2, 0) is 10.2 Å².